The fourth-order valence-corrected chi connectivity index (χ4v) is 3.36. The number of benzene rings is 2. The maximum atomic E-state index is 12.5. The van der Waals surface area contributed by atoms with Crippen LogP contribution < -0.4 is 0 Å². The van der Waals surface area contributed by atoms with Gasteiger partial charge in [-0.3, -0.25) is 14.5 Å². The minimum atomic E-state index is -0.431. The Morgan fingerprint density at radius 3 is 2.38 bits per heavy atom. The Bertz CT molecular complexity index is 891. The van der Waals surface area contributed by atoms with Gasteiger partial charge in [0.25, 0.3) is 11.1 Å². The van der Waals surface area contributed by atoms with Crippen molar-refractivity contribution in [1.82, 2.24) is 4.90 Å². The number of imide groups is 1. The van der Waals surface area contributed by atoms with E-state index >= 15 is 0 Å². The molecule has 5 nitrogen and oxygen atoms in total. The van der Waals surface area contributed by atoms with Crippen LogP contribution in [0.2, 0.25) is 5.02 Å². The second-order valence-corrected chi connectivity index (χ2v) is 6.94. The van der Waals surface area contributed by atoms with Crippen molar-refractivity contribution in [2.45, 2.75) is 6.54 Å². The first-order valence-corrected chi connectivity index (χ1v) is 8.85. The van der Waals surface area contributed by atoms with Crippen LogP contribution in [0, 0.1) is 0 Å². The van der Waals surface area contributed by atoms with E-state index in [2.05, 4.69) is 4.74 Å². The molecule has 2 amide bonds. The third-order valence-electron chi connectivity index (χ3n) is 3.76. The van der Waals surface area contributed by atoms with Gasteiger partial charge in [0.1, 0.15) is 0 Å². The molecule has 0 aromatic heterocycles. The van der Waals surface area contributed by atoms with Gasteiger partial charge in [0.15, 0.2) is 0 Å². The lowest BCUT2D eigenvalue weighted by atomic mass is 10.1. The van der Waals surface area contributed by atoms with Crippen molar-refractivity contribution in [2.24, 2.45) is 0 Å². The normalized spacial score (nSPS) is 15.6. The van der Waals surface area contributed by atoms with Gasteiger partial charge in [-0.1, -0.05) is 35.9 Å². The molecule has 1 aliphatic heterocycles. The maximum Gasteiger partial charge on any atom is 0.337 e. The summed E-state index contributed by atoms with van der Waals surface area (Å²) in [5, 5.41) is 0.278. The molecule has 0 saturated carbocycles. The minimum absolute atomic E-state index is 0.195. The summed E-state index contributed by atoms with van der Waals surface area (Å²) < 4.78 is 4.65. The first-order chi connectivity index (χ1) is 12.5. The Morgan fingerprint density at radius 1 is 1.12 bits per heavy atom. The first-order valence-electron chi connectivity index (χ1n) is 7.66. The molecule has 1 aliphatic rings. The SMILES string of the molecule is COC(=O)c1ccc(/C=C2/SC(=O)N(Cc3ccc(Cl)cc3)C2=O)cc1. The average molecular weight is 388 g/mol. The molecule has 0 radical (unpaired) electrons. The fraction of sp³-hybridized carbons (Fsp3) is 0.105. The lowest BCUT2D eigenvalue weighted by Gasteiger charge is -2.12. The number of hydrogen-bond donors (Lipinski definition) is 0. The number of esters is 1. The largest absolute Gasteiger partial charge is 0.465 e. The number of halogens is 1. The van der Waals surface area contributed by atoms with E-state index in [4.69, 9.17) is 11.6 Å². The van der Waals surface area contributed by atoms with Crippen LogP contribution in [0.5, 0.6) is 0 Å². The van der Waals surface area contributed by atoms with Crippen LogP contribution in [0.3, 0.4) is 0 Å². The zero-order valence-corrected chi connectivity index (χ0v) is 15.3. The monoisotopic (exact) mass is 387 g/mol. The Morgan fingerprint density at radius 2 is 1.77 bits per heavy atom. The summed E-state index contributed by atoms with van der Waals surface area (Å²) in [6.45, 7) is 0.195. The topological polar surface area (TPSA) is 63.7 Å². The summed E-state index contributed by atoms with van der Waals surface area (Å²) in [5.41, 5.74) is 1.95. The highest BCUT2D eigenvalue weighted by Crippen LogP contribution is 2.33. The summed E-state index contributed by atoms with van der Waals surface area (Å²) in [6, 6.07) is 13.6. The summed E-state index contributed by atoms with van der Waals surface area (Å²) >= 11 is 6.74. The summed E-state index contributed by atoms with van der Waals surface area (Å²) in [5.74, 6) is -0.771. The van der Waals surface area contributed by atoms with Crippen LogP contribution in [0.1, 0.15) is 21.5 Å². The van der Waals surface area contributed by atoms with Gasteiger partial charge in [0, 0.05) is 5.02 Å². The van der Waals surface area contributed by atoms with Gasteiger partial charge in [-0.2, -0.15) is 0 Å². The van der Waals surface area contributed by atoms with Gasteiger partial charge in [0.05, 0.1) is 24.1 Å². The Balaban J connectivity index is 1.76. The number of nitrogens with zero attached hydrogens (tertiary/aromatic N) is 1. The van der Waals surface area contributed by atoms with E-state index in [9.17, 15) is 14.4 Å². The number of thioether (sulfide) groups is 1. The first kappa shape index (κ1) is 18.2. The summed E-state index contributed by atoms with van der Waals surface area (Å²) in [6.07, 6.45) is 1.63. The number of carbonyl (C=O) groups excluding carboxylic acids is 3. The molecule has 26 heavy (non-hydrogen) atoms. The molecule has 3 rings (SSSR count). The zero-order chi connectivity index (χ0) is 18.7. The molecule has 0 atom stereocenters. The molecule has 1 fully saturated rings. The van der Waals surface area contributed by atoms with Crippen LogP contribution in [0.15, 0.2) is 53.4 Å². The minimum Gasteiger partial charge on any atom is -0.465 e. The van der Waals surface area contributed by atoms with Crippen LogP contribution in [0.25, 0.3) is 6.08 Å². The van der Waals surface area contributed by atoms with E-state index in [1.54, 1.807) is 54.6 Å². The van der Waals surface area contributed by atoms with Gasteiger partial charge in [-0.05, 0) is 53.2 Å². The average Bonchev–Trinajstić information content (AvgIpc) is 2.91. The number of carbonyl (C=O) groups is 3. The number of amides is 2. The van der Waals surface area contributed by atoms with Crippen molar-refractivity contribution in [1.29, 1.82) is 0 Å². The van der Waals surface area contributed by atoms with Gasteiger partial charge in [-0.25, -0.2) is 4.79 Å². The van der Waals surface area contributed by atoms with E-state index in [0.29, 0.717) is 15.5 Å². The molecule has 0 spiro atoms. The third-order valence-corrected chi connectivity index (χ3v) is 4.92. The fourth-order valence-electron chi connectivity index (χ4n) is 2.39. The zero-order valence-electron chi connectivity index (χ0n) is 13.8. The van der Waals surface area contributed by atoms with Crippen molar-refractivity contribution < 1.29 is 19.1 Å². The smallest absolute Gasteiger partial charge is 0.337 e. The molecule has 2 aromatic rings. The Kier molecular flexibility index (Phi) is 5.44. The molecule has 1 saturated heterocycles. The molecular formula is C19H14ClNO4S. The number of rotatable bonds is 4. The second kappa shape index (κ2) is 7.76. The van der Waals surface area contributed by atoms with Crippen LogP contribution in [0.4, 0.5) is 4.79 Å². The van der Waals surface area contributed by atoms with E-state index < -0.39 is 5.97 Å². The predicted octanol–water partition coefficient (Wildman–Crippen LogP) is 4.36. The molecule has 1 heterocycles. The molecule has 0 N–H and O–H groups in total. The lowest BCUT2D eigenvalue weighted by Crippen LogP contribution is -2.27. The highest BCUT2D eigenvalue weighted by molar-refractivity contribution is 8.18. The van der Waals surface area contributed by atoms with E-state index in [-0.39, 0.29) is 17.7 Å². The van der Waals surface area contributed by atoms with E-state index in [1.165, 1.54) is 12.0 Å². The van der Waals surface area contributed by atoms with Gasteiger partial charge >= 0.3 is 5.97 Å². The molecule has 7 heteroatoms. The quantitative estimate of drug-likeness (QED) is 0.576. The summed E-state index contributed by atoms with van der Waals surface area (Å²) in [7, 11) is 1.31. The molecule has 2 aromatic carbocycles. The van der Waals surface area contributed by atoms with Crippen molar-refractivity contribution in [2.75, 3.05) is 7.11 Å². The maximum absolute atomic E-state index is 12.5. The highest BCUT2D eigenvalue weighted by atomic mass is 35.5. The van der Waals surface area contributed by atoms with Crippen molar-refractivity contribution in [3.05, 3.63) is 75.1 Å². The molecular weight excluding hydrogens is 374 g/mol. The molecule has 132 valence electrons. The standard InChI is InChI=1S/C19H14ClNO4S/c1-25-18(23)14-6-2-12(3-7-14)10-16-17(22)21(19(24)26-16)11-13-4-8-15(20)9-5-13/h2-10H,11H2,1H3/b16-10+. The predicted molar refractivity (Wildman–Crippen MR) is 101 cm³/mol. The molecule has 0 unspecified atom stereocenters. The van der Waals surface area contributed by atoms with Crippen LogP contribution in [-0.2, 0) is 16.1 Å². The highest BCUT2D eigenvalue weighted by Gasteiger charge is 2.34. The van der Waals surface area contributed by atoms with Gasteiger partial charge in [0.2, 0.25) is 0 Å². The van der Waals surface area contributed by atoms with Gasteiger partial charge < -0.3 is 4.74 Å². The number of hydrogen-bond acceptors (Lipinski definition) is 5. The van der Waals surface area contributed by atoms with Crippen LogP contribution in [-0.4, -0.2) is 29.1 Å². The van der Waals surface area contributed by atoms with Gasteiger partial charge in [-0.15, -0.1) is 0 Å². The number of methoxy groups -OCH3 is 1. The lowest BCUT2D eigenvalue weighted by molar-refractivity contribution is -0.123. The van der Waals surface area contributed by atoms with Crippen molar-refractivity contribution in [3.8, 4) is 0 Å². The second-order valence-electron chi connectivity index (χ2n) is 5.51. The summed E-state index contributed by atoms with van der Waals surface area (Å²) in [4.78, 5) is 37.7. The van der Waals surface area contributed by atoms with Crippen molar-refractivity contribution >= 4 is 46.6 Å². The molecule has 0 bridgehead atoms. The Hall–Kier alpha value is -2.57. The third kappa shape index (κ3) is 3.98. The van der Waals surface area contributed by atoms with Crippen molar-refractivity contribution in [3.63, 3.8) is 0 Å². The van der Waals surface area contributed by atoms with Crippen LogP contribution >= 0.6 is 23.4 Å². The van der Waals surface area contributed by atoms with E-state index in [1.807, 2.05) is 0 Å². The Labute approximate surface area is 159 Å². The molecule has 0 aliphatic carbocycles. The number of ether oxygens (including phenoxy) is 1. The van der Waals surface area contributed by atoms with E-state index in [0.717, 1.165) is 22.9 Å².